The molecular formula is C24H34N6O2. The number of oxazole rings is 1. The lowest BCUT2D eigenvalue weighted by molar-refractivity contribution is -0.132. The lowest BCUT2D eigenvalue weighted by Crippen LogP contribution is -2.54. The highest BCUT2D eigenvalue weighted by Gasteiger charge is 2.23. The summed E-state index contributed by atoms with van der Waals surface area (Å²) in [6.07, 6.45) is 6.46. The van der Waals surface area contributed by atoms with Crippen molar-refractivity contribution in [2.24, 2.45) is 4.99 Å². The predicted octanol–water partition coefficient (Wildman–Crippen LogP) is 2.44. The molecule has 1 amide bonds. The van der Waals surface area contributed by atoms with Crippen LogP contribution in [0.3, 0.4) is 0 Å². The molecule has 0 unspecified atom stereocenters. The van der Waals surface area contributed by atoms with Crippen LogP contribution in [0.4, 0.5) is 0 Å². The Morgan fingerprint density at radius 2 is 1.72 bits per heavy atom. The molecule has 1 aromatic heterocycles. The second kappa shape index (κ2) is 11.1. The SMILES string of the molecule is CN=C(NCc1coc(-c2ccccc2)n1)N1CCN(CC(=O)N2CCCCCC2)CC1. The van der Waals surface area contributed by atoms with E-state index in [0.717, 1.165) is 69.3 Å². The highest BCUT2D eigenvalue weighted by molar-refractivity contribution is 5.80. The van der Waals surface area contributed by atoms with Gasteiger partial charge in [-0.3, -0.25) is 14.7 Å². The maximum absolute atomic E-state index is 12.7. The van der Waals surface area contributed by atoms with Crippen LogP contribution in [0, 0.1) is 0 Å². The fourth-order valence-electron chi connectivity index (χ4n) is 4.33. The Kier molecular flexibility index (Phi) is 7.77. The van der Waals surface area contributed by atoms with Gasteiger partial charge in [0.2, 0.25) is 11.8 Å². The Hall–Kier alpha value is -2.87. The van der Waals surface area contributed by atoms with Gasteiger partial charge in [-0.15, -0.1) is 0 Å². The first-order chi connectivity index (χ1) is 15.7. The fraction of sp³-hybridized carbons (Fsp3) is 0.542. The Balaban J connectivity index is 1.23. The molecular weight excluding hydrogens is 404 g/mol. The first-order valence-electron chi connectivity index (χ1n) is 11.7. The van der Waals surface area contributed by atoms with Crippen LogP contribution in [0.25, 0.3) is 11.5 Å². The lowest BCUT2D eigenvalue weighted by atomic mass is 10.2. The standard InChI is InChI=1S/C24H34N6O2/c1-25-24(26-17-21-19-32-23(27-21)20-9-5-4-6-10-20)30-15-13-28(14-16-30)18-22(31)29-11-7-2-3-8-12-29/h4-6,9-10,19H,2-3,7-8,11-18H2,1H3,(H,25,26). The molecule has 172 valence electrons. The molecule has 2 aliphatic rings. The van der Waals surface area contributed by atoms with Gasteiger partial charge in [0.05, 0.1) is 18.8 Å². The first-order valence-corrected chi connectivity index (χ1v) is 11.7. The van der Waals surface area contributed by atoms with Gasteiger partial charge in [-0.2, -0.15) is 0 Å². The molecule has 4 rings (SSSR count). The average Bonchev–Trinajstić information content (AvgIpc) is 3.13. The monoisotopic (exact) mass is 438 g/mol. The minimum Gasteiger partial charge on any atom is -0.444 e. The molecule has 8 nitrogen and oxygen atoms in total. The van der Waals surface area contributed by atoms with E-state index < -0.39 is 0 Å². The summed E-state index contributed by atoms with van der Waals surface area (Å²) in [5.74, 6) is 1.76. The van der Waals surface area contributed by atoms with E-state index in [4.69, 9.17) is 4.42 Å². The zero-order chi connectivity index (χ0) is 22.2. The summed E-state index contributed by atoms with van der Waals surface area (Å²) in [5.41, 5.74) is 1.81. The minimum absolute atomic E-state index is 0.281. The van der Waals surface area contributed by atoms with E-state index in [1.54, 1.807) is 13.3 Å². The summed E-state index contributed by atoms with van der Waals surface area (Å²) in [7, 11) is 1.80. The Morgan fingerprint density at radius 1 is 1.00 bits per heavy atom. The van der Waals surface area contributed by atoms with E-state index in [1.165, 1.54) is 12.8 Å². The summed E-state index contributed by atoms with van der Waals surface area (Å²) in [6, 6.07) is 9.89. The van der Waals surface area contributed by atoms with Crippen molar-refractivity contribution in [2.75, 3.05) is 52.9 Å². The quantitative estimate of drug-likeness (QED) is 0.571. The van der Waals surface area contributed by atoms with Crippen LogP contribution in [0.5, 0.6) is 0 Å². The number of carbonyl (C=O) groups is 1. The highest BCUT2D eigenvalue weighted by Crippen LogP contribution is 2.18. The van der Waals surface area contributed by atoms with Crippen molar-refractivity contribution in [1.82, 2.24) is 25.0 Å². The third-order valence-corrected chi connectivity index (χ3v) is 6.20. The number of hydrogen-bond donors (Lipinski definition) is 1. The summed E-state index contributed by atoms with van der Waals surface area (Å²) < 4.78 is 5.62. The van der Waals surface area contributed by atoms with E-state index in [1.807, 2.05) is 30.3 Å². The summed E-state index contributed by atoms with van der Waals surface area (Å²) >= 11 is 0. The van der Waals surface area contributed by atoms with Crippen LogP contribution < -0.4 is 5.32 Å². The molecule has 1 aromatic carbocycles. The normalized spacial score (nSPS) is 18.5. The van der Waals surface area contributed by atoms with Crippen LogP contribution in [0.1, 0.15) is 31.4 Å². The van der Waals surface area contributed by atoms with Crippen molar-refractivity contribution in [1.29, 1.82) is 0 Å². The third kappa shape index (κ3) is 5.88. The molecule has 2 saturated heterocycles. The number of aliphatic imine (C=N–C) groups is 1. The van der Waals surface area contributed by atoms with Gasteiger partial charge in [-0.05, 0) is 25.0 Å². The van der Waals surface area contributed by atoms with Crippen molar-refractivity contribution in [2.45, 2.75) is 32.2 Å². The summed E-state index contributed by atoms with van der Waals surface area (Å²) in [5, 5.41) is 3.39. The molecule has 32 heavy (non-hydrogen) atoms. The van der Waals surface area contributed by atoms with Crippen LogP contribution in [-0.2, 0) is 11.3 Å². The molecule has 2 aliphatic heterocycles. The van der Waals surface area contributed by atoms with E-state index in [-0.39, 0.29) is 5.91 Å². The molecule has 0 aliphatic carbocycles. The number of carbonyl (C=O) groups excluding carboxylic acids is 1. The van der Waals surface area contributed by atoms with Crippen LogP contribution in [-0.4, -0.2) is 84.4 Å². The van der Waals surface area contributed by atoms with Gasteiger partial charge < -0.3 is 19.5 Å². The average molecular weight is 439 g/mol. The van der Waals surface area contributed by atoms with Gasteiger partial charge in [0.25, 0.3) is 0 Å². The topological polar surface area (TPSA) is 77.2 Å². The lowest BCUT2D eigenvalue weighted by Gasteiger charge is -2.36. The van der Waals surface area contributed by atoms with E-state index >= 15 is 0 Å². The predicted molar refractivity (Wildman–Crippen MR) is 125 cm³/mol. The molecule has 1 N–H and O–H groups in total. The molecule has 2 fully saturated rings. The summed E-state index contributed by atoms with van der Waals surface area (Å²) in [6.45, 7) is 6.34. The smallest absolute Gasteiger partial charge is 0.236 e. The van der Waals surface area contributed by atoms with Gasteiger partial charge in [0.1, 0.15) is 6.26 Å². The number of nitrogens with one attached hydrogen (secondary N) is 1. The Labute approximate surface area is 190 Å². The van der Waals surface area contributed by atoms with Gasteiger partial charge in [-0.1, -0.05) is 31.0 Å². The van der Waals surface area contributed by atoms with E-state index in [0.29, 0.717) is 19.0 Å². The number of benzene rings is 1. The van der Waals surface area contributed by atoms with Gasteiger partial charge in [0, 0.05) is 51.9 Å². The molecule has 0 bridgehead atoms. The Morgan fingerprint density at radius 3 is 2.41 bits per heavy atom. The van der Waals surface area contributed by atoms with Crippen molar-refractivity contribution >= 4 is 11.9 Å². The van der Waals surface area contributed by atoms with Crippen molar-refractivity contribution < 1.29 is 9.21 Å². The number of likely N-dealkylation sites (tertiary alicyclic amines) is 1. The van der Waals surface area contributed by atoms with Crippen molar-refractivity contribution in [3.05, 3.63) is 42.3 Å². The maximum atomic E-state index is 12.7. The Bertz CT molecular complexity index is 881. The molecule has 2 aromatic rings. The largest absolute Gasteiger partial charge is 0.444 e. The number of nitrogens with zero attached hydrogens (tertiary/aromatic N) is 5. The minimum atomic E-state index is 0.281. The number of hydrogen-bond acceptors (Lipinski definition) is 5. The molecule has 0 spiro atoms. The zero-order valence-corrected chi connectivity index (χ0v) is 19.0. The molecule has 8 heteroatoms. The van der Waals surface area contributed by atoms with Gasteiger partial charge in [-0.25, -0.2) is 4.98 Å². The van der Waals surface area contributed by atoms with Crippen molar-refractivity contribution in [3.8, 4) is 11.5 Å². The number of piperazine rings is 1. The molecule has 3 heterocycles. The van der Waals surface area contributed by atoms with E-state index in [9.17, 15) is 4.79 Å². The number of aromatic nitrogens is 1. The second-order valence-electron chi connectivity index (χ2n) is 8.47. The van der Waals surface area contributed by atoms with Crippen LogP contribution >= 0.6 is 0 Å². The van der Waals surface area contributed by atoms with E-state index in [2.05, 4.69) is 30.0 Å². The third-order valence-electron chi connectivity index (χ3n) is 6.20. The van der Waals surface area contributed by atoms with Crippen LogP contribution in [0.15, 0.2) is 46.0 Å². The zero-order valence-electron chi connectivity index (χ0n) is 19.0. The maximum Gasteiger partial charge on any atom is 0.236 e. The molecule has 0 saturated carbocycles. The van der Waals surface area contributed by atoms with Gasteiger partial charge >= 0.3 is 0 Å². The molecule has 0 atom stereocenters. The van der Waals surface area contributed by atoms with Crippen molar-refractivity contribution in [3.63, 3.8) is 0 Å². The van der Waals surface area contributed by atoms with Crippen LogP contribution in [0.2, 0.25) is 0 Å². The molecule has 0 radical (unpaired) electrons. The second-order valence-corrected chi connectivity index (χ2v) is 8.47. The number of rotatable bonds is 5. The summed E-state index contributed by atoms with van der Waals surface area (Å²) in [4.78, 5) is 28.3. The van der Waals surface area contributed by atoms with Gasteiger partial charge in [0.15, 0.2) is 5.96 Å². The number of guanidine groups is 1. The number of amides is 1. The fourth-order valence-corrected chi connectivity index (χ4v) is 4.33. The first kappa shape index (κ1) is 22.3. The highest BCUT2D eigenvalue weighted by atomic mass is 16.3.